The van der Waals surface area contributed by atoms with E-state index in [2.05, 4.69) is 85.9 Å². The standard InChI is InChI=1S/C40H45FN4O/c1-6-7-13-28(2)36-26-33(19-20-38(36)43-35-16-12-15-34(41)27-35)40(46)44-24-21-32(22-25-44)30(4)45(39-18-9-8-14-29(39)3)31(5)37-17-10-11-23-42-37/h8-20,23,26-27,31-32,43H,4,6-7,21-22,24-25H2,1-3,5H3/b28-13-. The van der Waals surface area contributed by atoms with Crippen molar-refractivity contribution in [1.82, 2.24) is 9.88 Å². The van der Waals surface area contributed by atoms with Gasteiger partial charge in [0.1, 0.15) is 5.82 Å². The van der Waals surface area contributed by atoms with Gasteiger partial charge in [0, 0.05) is 59.1 Å². The van der Waals surface area contributed by atoms with Crippen LogP contribution in [-0.4, -0.2) is 28.9 Å². The van der Waals surface area contributed by atoms with Gasteiger partial charge in [-0.2, -0.15) is 0 Å². The number of aryl methyl sites for hydroxylation is 1. The van der Waals surface area contributed by atoms with Crippen molar-refractivity contribution in [2.24, 2.45) is 5.92 Å². The molecule has 0 bridgehead atoms. The Morgan fingerprint density at radius 2 is 1.83 bits per heavy atom. The lowest BCUT2D eigenvalue weighted by Crippen LogP contribution is -2.41. The van der Waals surface area contributed by atoms with Crippen LogP contribution in [0.15, 0.2) is 109 Å². The fraction of sp³-hybridized carbons (Fsp3) is 0.300. The highest BCUT2D eigenvalue weighted by atomic mass is 19.1. The summed E-state index contributed by atoms with van der Waals surface area (Å²) in [6.07, 6.45) is 7.69. The molecular formula is C40H45FN4O. The first-order valence-electron chi connectivity index (χ1n) is 16.3. The fourth-order valence-electron chi connectivity index (χ4n) is 6.30. The van der Waals surface area contributed by atoms with Crippen LogP contribution in [0.5, 0.6) is 0 Å². The number of nitrogens with zero attached hydrogens (tertiary/aromatic N) is 3. The van der Waals surface area contributed by atoms with Gasteiger partial charge in [-0.3, -0.25) is 9.78 Å². The van der Waals surface area contributed by atoms with Crippen LogP contribution in [0.4, 0.5) is 21.5 Å². The summed E-state index contributed by atoms with van der Waals surface area (Å²) < 4.78 is 13.9. The van der Waals surface area contributed by atoms with Crippen molar-refractivity contribution in [1.29, 1.82) is 0 Å². The largest absolute Gasteiger partial charge is 0.355 e. The van der Waals surface area contributed by atoms with Crippen LogP contribution in [0, 0.1) is 18.7 Å². The highest BCUT2D eigenvalue weighted by Gasteiger charge is 2.31. The van der Waals surface area contributed by atoms with Gasteiger partial charge in [0.25, 0.3) is 5.91 Å². The normalized spacial score (nSPS) is 14.5. The Labute approximate surface area is 273 Å². The number of para-hydroxylation sites is 1. The molecule has 1 N–H and O–H groups in total. The number of amides is 1. The minimum Gasteiger partial charge on any atom is -0.355 e. The quantitative estimate of drug-likeness (QED) is 0.182. The number of anilines is 3. The lowest BCUT2D eigenvalue weighted by Gasteiger charge is -2.40. The second-order valence-corrected chi connectivity index (χ2v) is 12.2. The predicted molar refractivity (Wildman–Crippen MR) is 189 cm³/mol. The van der Waals surface area contributed by atoms with Crippen molar-refractivity contribution in [3.05, 3.63) is 138 Å². The molecule has 1 aromatic heterocycles. The van der Waals surface area contributed by atoms with Gasteiger partial charge < -0.3 is 15.1 Å². The average molecular weight is 617 g/mol. The summed E-state index contributed by atoms with van der Waals surface area (Å²) in [4.78, 5) is 22.8. The number of halogens is 1. The van der Waals surface area contributed by atoms with Crippen LogP contribution in [0.25, 0.3) is 5.57 Å². The molecule has 1 fully saturated rings. The van der Waals surface area contributed by atoms with Crippen molar-refractivity contribution >= 4 is 28.5 Å². The molecule has 1 saturated heterocycles. The lowest BCUT2D eigenvalue weighted by atomic mass is 9.91. The van der Waals surface area contributed by atoms with Gasteiger partial charge in [0.2, 0.25) is 0 Å². The fourth-order valence-corrected chi connectivity index (χ4v) is 6.30. The van der Waals surface area contributed by atoms with Crippen LogP contribution in [0.1, 0.15) is 79.7 Å². The molecule has 4 aromatic rings. The van der Waals surface area contributed by atoms with E-state index < -0.39 is 0 Å². The maximum Gasteiger partial charge on any atom is 0.253 e. The number of piperidine rings is 1. The van der Waals surface area contributed by atoms with E-state index >= 15 is 0 Å². The number of likely N-dealkylation sites (tertiary alicyclic amines) is 1. The summed E-state index contributed by atoms with van der Waals surface area (Å²) in [6, 6.07) is 26.7. The van der Waals surface area contributed by atoms with E-state index in [9.17, 15) is 9.18 Å². The highest BCUT2D eigenvalue weighted by molar-refractivity contribution is 5.96. The molecular weight excluding hydrogens is 571 g/mol. The van der Waals surface area contributed by atoms with Gasteiger partial charge in [0.15, 0.2) is 0 Å². The van der Waals surface area contributed by atoms with Crippen molar-refractivity contribution < 1.29 is 9.18 Å². The molecule has 0 radical (unpaired) electrons. The molecule has 238 valence electrons. The molecule has 6 heteroatoms. The Morgan fingerprint density at radius 1 is 1.07 bits per heavy atom. The Bertz CT molecular complexity index is 1690. The Kier molecular flexibility index (Phi) is 10.7. The Morgan fingerprint density at radius 3 is 2.52 bits per heavy atom. The third kappa shape index (κ3) is 7.56. The molecule has 46 heavy (non-hydrogen) atoms. The molecule has 1 atom stereocenters. The van der Waals surface area contributed by atoms with Crippen LogP contribution in [0.3, 0.4) is 0 Å². The molecule has 0 saturated carbocycles. The van der Waals surface area contributed by atoms with Gasteiger partial charge in [-0.1, -0.05) is 56.3 Å². The Balaban J connectivity index is 1.33. The summed E-state index contributed by atoms with van der Waals surface area (Å²) in [6.45, 7) is 14.5. The number of unbranched alkanes of at least 4 members (excludes halogenated alkanes) is 1. The van der Waals surface area contributed by atoms with Gasteiger partial charge >= 0.3 is 0 Å². The van der Waals surface area contributed by atoms with E-state index in [0.29, 0.717) is 24.3 Å². The molecule has 1 amide bonds. The number of hydrogen-bond acceptors (Lipinski definition) is 4. The second kappa shape index (κ2) is 15.0. The SMILES string of the molecule is C=C(C1CCN(C(=O)c2ccc(Nc3cccc(F)c3)c(/C(C)=C\CCC)c2)CC1)N(c1ccccc1C)C(C)c1ccccn1. The smallest absolute Gasteiger partial charge is 0.253 e. The third-order valence-corrected chi connectivity index (χ3v) is 8.98. The zero-order valence-electron chi connectivity index (χ0n) is 27.5. The first-order valence-corrected chi connectivity index (χ1v) is 16.3. The molecule has 1 unspecified atom stereocenters. The summed E-state index contributed by atoms with van der Waals surface area (Å²) >= 11 is 0. The summed E-state index contributed by atoms with van der Waals surface area (Å²) in [5.74, 6) is -0.0261. The first-order chi connectivity index (χ1) is 22.3. The molecule has 0 aliphatic carbocycles. The van der Waals surface area contributed by atoms with E-state index in [-0.39, 0.29) is 23.7 Å². The van der Waals surface area contributed by atoms with Crippen molar-refractivity contribution in [2.45, 2.75) is 59.4 Å². The third-order valence-electron chi connectivity index (χ3n) is 8.98. The van der Waals surface area contributed by atoms with Crippen LogP contribution in [0.2, 0.25) is 0 Å². The maximum absolute atomic E-state index is 13.9. The minimum atomic E-state index is -0.295. The number of rotatable bonds is 11. The Hall–Kier alpha value is -4.71. The van der Waals surface area contributed by atoms with Crippen molar-refractivity contribution in [2.75, 3.05) is 23.3 Å². The summed E-state index contributed by atoms with van der Waals surface area (Å²) in [5, 5.41) is 3.36. The number of aromatic nitrogens is 1. The summed E-state index contributed by atoms with van der Waals surface area (Å²) in [7, 11) is 0. The van der Waals surface area contributed by atoms with Crippen molar-refractivity contribution in [3.8, 4) is 0 Å². The zero-order valence-corrected chi connectivity index (χ0v) is 27.5. The van der Waals surface area contributed by atoms with Gasteiger partial charge in [0.05, 0.1) is 11.7 Å². The number of carbonyl (C=O) groups excluding carboxylic acids is 1. The molecule has 5 rings (SSSR count). The van der Waals surface area contributed by atoms with E-state index in [1.165, 1.54) is 17.7 Å². The van der Waals surface area contributed by atoms with E-state index in [4.69, 9.17) is 0 Å². The number of carbonyl (C=O) groups is 1. The molecule has 5 nitrogen and oxygen atoms in total. The molecule has 2 heterocycles. The van der Waals surface area contributed by atoms with Crippen LogP contribution >= 0.6 is 0 Å². The number of nitrogens with one attached hydrogen (secondary N) is 1. The number of pyridine rings is 1. The number of allylic oxidation sites excluding steroid dienone is 3. The van der Waals surface area contributed by atoms with Gasteiger partial charge in [-0.15, -0.1) is 0 Å². The van der Waals surface area contributed by atoms with E-state index in [1.807, 2.05) is 47.5 Å². The first kappa shape index (κ1) is 32.7. The monoisotopic (exact) mass is 616 g/mol. The maximum atomic E-state index is 13.9. The molecule has 0 spiro atoms. The molecule has 1 aliphatic heterocycles. The average Bonchev–Trinajstić information content (AvgIpc) is 3.08. The minimum absolute atomic E-state index is 0.0105. The summed E-state index contributed by atoms with van der Waals surface area (Å²) in [5.41, 5.74) is 8.59. The van der Waals surface area contributed by atoms with E-state index in [0.717, 1.165) is 59.6 Å². The van der Waals surface area contributed by atoms with E-state index in [1.54, 1.807) is 6.07 Å². The van der Waals surface area contributed by atoms with Gasteiger partial charge in [-0.25, -0.2) is 4.39 Å². The highest BCUT2D eigenvalue weighted by Crippen LogP contribution is 2.38. The molecule has 1 aliphatic rings. The van der Waals surface area contributed by atoms with Gasteiger partial charge in [-0.05, 0) is 106 Å². The lowest BCUT2D eigenvalue weighted by molar-refractivity contribution is 0.0701. The second-order valence-electron chi connectivity index (χ2n) is 12.2. The molecule has 3 aromatic carbocycles. The van der Waals surface area contributed by atoms with Crippen molar-refractivity contribution in [3.63, 3.8) is 0 Å². The van der Waals surface area contributed by atoms with Crippen LogP contribution in [-0.2, 0) is 0 Å². The topological polar surface area (TPSA) is 48.5 Å². The zero-order chi connectivity index (χ0) is 32.6. The number of hydrogen-bond donors (Lipinski definition) is 1. The predicted octanol–water partition coefficient (Wildman–Crippen LogP) is 10.1. The number of benzene rings is 3. The van der Waals surface area contributed by atoms with Crippen LogP contribution < -0.4 is 10.2 Å².